The number of hydrogen-bond donors (Lipinski definition) is 1. The zero-order valence-corrected chi connectivity index (χ0v) is 12.7. The molecule has 3 heteroatoms. The third kappa shape index (κ3) is 2.51. The highest BCUT2D eigenvalue weighted by molar-refractivity contribution is 5.33. The zero-order chi connectivity index (χ0) is 14.2. The molecule has 1 aliphatic heterocycles. The van der Waals surface area contributed by atoms with Crippen molar-refractivity contribution in [2.75, 3.05) is 20.1 Å². The second-order valence-electron chi connectivity index (χ2n) is 6.77. The SMILES string of the molecule is CN1CC[C@@H]2Cc3[nH]nc(Cc4ccccc4)c3C[C@H]2C1. The molecule has 0 spiro atoms. The zero-order valence-electron chi connectivity index (χ0n) is 12.7. The van der Waals surface area contributed by atoms with Crippen molar-refractivity contribution < 1.29 is 0 Å². The van der Waals surface area contributed by atoms with Crippen molar-refractivity contribution >= 4 is 0 Å². The van der Waals surface area contributed by atoms with Crippen LogP contribution in [0.3, 0.4) is 0 Å². The Labute approximate surface area is 126 Å². The van der Waals surface area contributed by atoms with Gasteiger partial charge in [-0.15, -0.1) is 0 Å². The third-order valence-corrected chi connectivity index (χ3v) is 5.28. The molecule has 2 aromatic rings. The number of H-pyrrole nitrogens is 1. The van der Waals surface area contributed by atoms with Gasteiger partial charge in [-0.25, -0.2) is 0 Å². The summed E-state index contributed by atoms with van der Waals surface area (Å²) in [5, 5.41) is 7.96. The van der Waals surface area contributed by atoms with Gasteiger partial charge in [0.25, 0.3) is 0 Å². The number of likely N-dealkylation sites (tertiary alicyclic amines) is 1. The first kappa shape index (κ1) is 13.1. The molecule has 1 aromatic heterocycles. The van der Waals surface area contributed by atoms with Crippen LogP contribution in [0.4, 0.5) is 0 Å². The molecule has 1 N–H and O–H groups in total. The van der Waals surface area contributed by atoms with Crippen molar-refractivity contribution in [2.24, 2.45) is 11.8 Å². The van der Waals surface area contributed by atoms with Gasteiger partial charge in [-0.2, -0.15) is 5.10 Å². The Kier molecular flexibility index (Phi) is 3.30. The predicted molar refractivity (Wildman–Crippen MR) is 84.3 cm³/mol. The average Bonchev–Trinajstić information content (AvgIpc) is 2.88. The fourth-order valence-electron chi connectivity index (χ4n) is 4.08. The third-order valence-electron chi connectivity index (χ3n) is 5.28. The van der Waals surface area contributed by atoms with E-state index in [0.717, 1.165) is 18.3 Å². The number of aromatic nitrogens is 2. The van der Waals surface area contributed by atoms with Crippen LogP contribution in [0.5, 0.6) is 0 Å². The predicted octanol–water partition coefficient (Wildman–Crippen LogP) is 2.67. The quantitative estimate of drug-likeness (QED) is 0.918. The second kappa shape index (κ2) is 5.30. The Morgan fingerprint density at radius 2 is 2.05 bits per heavy atom. The summed E-state index contributed by atoms with van der Waals surface area (Å²) in [5.74, 6) is 1.68. The highest BCUT2D eigenvalue weighted by Gasteiger charge is 2.34. The summed E-state index contributed by atoms with van der Waals surface area (Å²) in [7, 11) is 2.26. The van der Waals surface area contributed by atoms with E-state index >= 15 is 0 Å². The molecule has 0 saturated carbocycles. The minimum absolute atomic E-state index is 0.823. The normalized spacial score (nSPS) is 25.4. The van der Waals surface area contributed by atoms with Crippen LogP contribution in [-0.4, -0.2) is 35.2 Å². The van der Waals surface area contributed by atoms with Crippen LogP contribution in [0.25, 0.3) is 0 Å². The molecule has 4 rings (SSSR count). The van der Waals surface area contributed by atoms with Gasteiger partial charge in [0.15, 0.2) is 0 Å². The number of piperidine rings is 1. The van der Waals surface area contributed by atoms with E-state index in [-0.39, 0.29) is 0 Å². The topological polar surface area (TPSA) is 31.9 Å². The van der Waals surface area contributed by atoms with Crippen LogP contribution in [0.2, 0.25) is 0 Å². The first-order chi connectivity index (χ1) is 10.3. The maximum Gasteiger partial charge on any atom is 0.0700 e. The van der Waals surface area contributed by atoms with Crippen LogP contribution < -0.4 is 0 Å². The Morgan fingerprint density at radius 3 is 2.90 bits per heavy atom. The minimum atomic E-state index is 0.823. The number of nitrogens with one attached hydrogen (secondary N) is 1. The van der Waals surface area contributed by atoms with Gasteiger partial charge in [0.05, 0.1) is 5.69 Å². The molecule has 1 fully saturated rings. The van der Waals surface area contributed by atoms with Gasteiger partial charge in [0.1, 0.15) is 0 Å². The summed E-state index contributed by atoms with van der Waals surface area (Å²) >= 11 is 0. The molecule has 1 saturated heterocycles. The highest BCUT2D eigenvalue weighted by atomic mass is 15.1. The molecule has 1 aromatic carbocycles. The maximum atomic E-state index is 4.63. The van der Waals surface area contributed by atoms with E-state index in [1.165, 1.54) is 54.9 Å². The van der Waals surface area contributed by atoms with Gasteiger partial charge in [-0.1, -0.05) is 30.3 Å². The summed E-state index contributed by atoms with van der Waals surface area (Å²) in [4.78, 5) is 2.49. The molecule has 0 amide bonds. The molecule has 3 nitrogen and oxygen atoms in total. The summed E-state index contributed by atoms with van der Waals surface area (Å²) < 4.78 is 0. The molecule has 2 atom stereocenters. The summed E-state index contributed by atoms with van der Waals surface area (Å²) in [6.45, 7) is 2.50. The van der Waals surface area contributed by atoms with Gasteiger partial charge in [0.2, 0.25) is 0 Å². The molecule has 2 heterocycles. The molecule has 21 heavy (non-hydrogen) atoms. The molecule has 0 radical (unpaired) electrons. The molecule has 0 unspecified atom stereocenters. The summed E-state index contributed by atoms with van der Waals surface area (Å²) in [5.41, 5.74) is 5.54. The fraction of sp³-hybridized carbons (Fsp3) is 0.500. The van der Waals surface area contributed by atoms with Gasteiger partial charge >= 0.3 is 0 Å². The monoisotopic (exact) mass is 281 g/mol. The Balaban J connectivity index is 1.58. The largest absolute Gasteiger partial charge is 0.306 e. The maximum absolute atomic E-state index is 4.63. The number of aromatic amines is 1. The van der Waals surface area contributed by atoms with Crippen LogP contribution in [-0.2, 0) is 19.3 Å². The Hall–Kier alpha value is -1.61. The molecule has 2 aliphatic rings. The van der Waals surface area contributed by atoms with Crippen molar-refractivity contribution in [3.8, 4) is 0 Å². The van der Waals surface area contributed by atoms with E-state index < -0.39 is 0 Å². The summed E-state index contributed by atoms with van der Waals surface area (Å²) in [6.07, 6.45) is 4.71. The van der Waals surface area contributed by atoms with E-state index in [0.29, 0.717) is 0 Å². The lowest BCUT2D eigenvalue weighted by molar-refractivity contribution is 0.133. The van der Waals surface area contributed by atoms with E-state index in [4.69, 9.17) is 0 Å². The number of benzene rings is 1. The average molecular weight is 281 g/mol. The highest BCUT2D eigenvalue weighted by Crippen LogP contribution is 2.36. The summed E-state index contributed by atoms with van der Waals surface area (Å²) in [6, 6.07) is 10.7. The first-order valence-electron chi connectivity index (χ1n) is 8.07. The van der Waals surface area contributed by atoms with E-state index in [9.17, 15) is 0 Å². The number of fused-ring (bicyclic) bond motifs is 2. The van der Waals surface area contributed by atoms with Crippen molar-refractivity contribution in [3.05, 3.63) is 52.8 Å². The number of hydrogen-bond acceptors (Lipinski definition) is 2. The van der Waals surface area contributed by atoms with Gasteiger partial charge in [-0.05, 0) is 55.8 Å². The molecule has 110 valence electrons. The lowest BCUT2D eigenvalue weighted by atomic mass is 9.74. The molecular weight excluding hydrogens is 258 g/mol. The van der Waals surface area contributed by atoms with Gasteiger partial charge in [0, 0.05) is 18.7 Å². The molecule has 1 aliphatic carbocycles. The van der Waals surface area contributed by atoms with Crippen molar-refractivity contribution in [3.63, 3.8) is 0 Å². The lowest BCUT2D eigenvalue weighted by Gasteiger charge is -2.39. The van der Waals surface area contributed by atoms with Crippen molar-refractivity contribution in [1.82, 2.24) is 15.1 Å². The van der Waals surface area contributed by atoms with Crippen molar-refractivity contribution in [2.45, 2.75) is 25.7 Å². The van der Waals surface area contributed by atoms with Crippen LogP contribution >= 0.6 is 0 Å². The second-order valence-corrected chi connectivity index (χ2v) is 6.77. The lowest BCUT2D eigenvalue weighted by Crippen LogP contribution is -2.41. The van der Waals surface area contributed by atoms with Gasteiger partial charge < -0.3 is 4.90 Å². The number of nitrogens with zero attached hydrogens (tertiary/aromatic N) is 2. The van der Waals surface area contributed by atoms with Crippen LogP contribution in [0.1, 0.15) is 28.9 Å². The molecule has 0 bridgehead atoms. The smallest absolute Gasteiger partial charge is 0.0700 e. The fourth-order valence-corrected chi connectivity index (χ4v) is 4.08. The van der Waals surface area contributed by atoms with Crippen LogP contribution in [0.15, 0.2) is 30.3 Å². The van der Waals surface area contributed by atoms with Gasteiger partial charge in [-0.3, -0.25) is 5.10 Å². The Morgan fingerprint density at radius 1 is 1.19 bits per heavy atom. The Bertz CT molecular complexity index is 617. The van der Waals surface area contributed by atoms with E-state index in [1.807, 2.05) is 0 Å². The molecular formula is C18H23N3. The minimum Gasteiger partial charge on any atom is -0.306 e. The standard InChI is InChI=1S/C18H23N3/c1-21-8-7-14-11-18-16(10-15(14)12-21)17(19-20-18)9-13-5-3-2-4-6-13/h2-6,14-15H,7-12H2,1H3,(H,19,20)/t14-,15+/m1/s1. The number of rotatable bonds is 2. The van der Waals surface area contributed by atoms with Crippen molar-refractivity contribution in [1.29, 1.82) is 0 Å². The van der Waals surface area contributed by atoms with E-state index in [2.05, 4.69) is 52.5 Å². The van der Waals surface area contributed by atoms with E-state index in [1.54, 1.807) is 0 Å². The van der Waals surface area contributed by atoms with Crippen LogP contribution in [0, 0.1) is 11.8 Å². The first-order valence-corrected chi connectivity index (χ1v) is 8.07.